The molecule has 0 radical (unpaired) electrons. The summed E-state index contributed by atoms with van der Waals surface area (Å²) in [7, 11) is 0. The molecule has 1 fully saturated rings. The molecule has 30 heavy (non-hydrogen) atoms. The lowest BCUT2D eigenvalue weighted by Crippen LogP contribution is -2.40. The van der Waals surface area contributed by atoms with Crippen LogP contribution >= 0.6 is 11.6 Å². The van der Waals surface area contributed by atoms with E-state index < -0.39 is 0 Å². The zero-order valence-electron chi connectivity index (χ0n) is 17.7. The molecule has 2 aromatic heterocycles. The number of hydrogen-bond acceptors (Lipinski definition) is 4. The first-order valence-corrected chi connectivity index (χ1v) is 10.9. The molecule has 1 aliphatic heterocycles. The molecule has 2 aliphatic rings. The standard InChI is InChI=1S/C22H28ClN5O2/c1-13(29)26-15-6-4-5-14(7-15)21(30)27-19-8-16(17(23)10-24-19)18-11-25-20-9-22(2,3)12-28(18)20/h8,10-11,14-15H,4-7,9,12H2,1-3H3,(H,26,29)(H,24,27,30)/t14-,15?/m1/s1. The van der Waals surface area contributed by atoms with Gasteiger partial charge in [-0.05, 0) is 30.7 Å². The smallest absolute Gasteiger partial charge is 0.228 e. The lowest BCUT2D eigenvalue weighted by atomic mass is 9.85. The van der Waals surface area contributed by atoms with Crippen molar-refractivity contribution in [2.75, 3.05) is 5.32 Å². The number of nitrogens with one attached hydrogen (secondary N) is 2. The van der Waals surface area contributed by atoms with E-state index in [4.69, 9.17) is 11.6 Å². The Hall–Kier alpha value is -2.41. The second kappa shape index (κ2) is 8.02. The molecular weight excluding hydrogens is 402 g/mol. The quantitative estimate of drug-likeness (QED) is 0.773. The highest BCUT2D eigenvalue weighted by molar-refractivity contribution is 6.33. The van der Waals surface area contributed by atoms with E-state index >= 15 is 0 Å². The molecule has 0 spiro atoms. The first-order chi connectivity index (χ1) is 14.2. The van der Waals surface area contributed by atoms with Gasteiger partial charge in [-0.2, -0.15) is 0 Å². The average Bonchev–Trinajstić information content (AvgIpc) is 3.18. The SMILES string of the molecule is CC(=O)NC1CCC[C@@H](C(=O)Nc2cc(-c3cnc4n3CC(C)(C)C4)c(Cl)cn2)C1. The van der Waals surface area contributed by atoms with Crippen molar-refractivity contribution >= 4 is 29.2 Å². The van der Waals surface area contributed by atoms with Gasteiger partial charge in [-0.1, -0.05) is 31.9 Å². The lowest BCUT2D eigenvalue weighted by Gasteiger charge is -2.28. The molecule has 1 saturated carbocycles. The van der Waals surface area contributed by atoms with Crippen LogP contribution < -0.4 is 10.6 Å². The topological polar surface area (TPSA) is 88.9 Å². The number of carbonyl (C=O) groups is 2. The van der Waals surface area contributed by atoms with Gasteiger partial charge >= 0.3 is 0 Å². The van der Waals surface area contributed by atoms with Crippen LogP contribution in [0.15, 0.2) is 18.5 Å². The molecule has 2 aromatic rings. The summed E-state index contributed by atoms with van der Waals surface area (Å²) < 4.78 is 2.20. The first-order valence-electron chi connectivity index (χ1n) is 10.5. The number of amides is 2. The molecule has 0 bridgehead atoms. The fourth-order valence-corrected chi connectivity index (χ4v) is 4.84. The number of aromatic nitrogens is 3. The largest absolute Gasteiger partial charge is 0.354 e. The predicted molar refractivity (Wildman–Crippen MR) is 116 cm³/mol. The number of carbonyl (C=O) groups excluding carboxylic acids is 2. The van der Waals surface area contributed by atoms with Gasteiger partial charge in [0.2, 0.25) is 11.8 Å². The molecule has 8 heteroatoms. The zero-order valence-corrected chi connectivity index (χ0v) is 18.4. The van der Waals surface area contributed by atoms with E-state index in [0.717, 1.165) is 49.3 Å². The van der Waals surface area contributed by atoms with Crippen molar-refractivity contribution in [3.8, 4) is 11.3 Å². The van der Waals surface area contributed by atoms with Gasteiger partial charge in [-0.15, -0.1) is 0 Å². The van der Waals surface area contributed by atoms with Crippen LogP contribution in [0.25, 0.3) is 11.3 Å². The van der Waals surface area contributed by atoms with Gasteiger partial charge in [0.25, 0.3) is 0 Å². The number of rotatable bonds is 4. The molecule has 0 aromatic carbocycles. The summed E-state index contributed by atoms with van der Waals surface area (Å²) >= 11 is 6.46. The van der Waals surface area contributed by atoms with Crippen molar-refractivity contribution in [1.82, 2.24) is 19.9 Å². The Labute approximate surface area is 181 Å². The molecule has 1 aliphatic carbocycles. The van der Waals surface area contributed by atoms with Crippen molar-refractivity contribution in [3.63, 3.8) is 0 Å². The van der Waals surface area contributed by atoms with Crippen LogP contribution in [-0.4, -0.2) is 32.4 Å². The minimum Gasteiger partial charge on any atom is -0.354 e. The van der Waals surface area contributed by atoms with Crippen LogP contribution in [0.2, 0.25) is 5.02 Å². The second-order valence-corrected chi connectivity index (χ2v) is 9.69. The van der Waals surface area contributed by atoms with Crippen molar-refractivity contribution in [2.45, 2.75) is 65.5 Å². The van der Waals surface area contributed by atoms with E-state index in [1.807, 2.05) is 12.3 Å². The van der Waals surface area contributed by atoms with Crippen LogP contribution in [0, 0.1) is 11.3 Å². The monoisotopic (exact) mass is 429 g/mol. The van der Waals surface area contributed by atoms with Gasteiger partial charge < -0.3 is 15.2 Å². The Balaban J connectivity index is 1.51. The third kappa shape index (κ3) is 4.36. The fourth-order valence-electron chi connectivity index (χ4n) is 4.64. The molecular formula is C22H28ClN5O2. The summed E-state index contributed by atoms with van der Waals surface area (Å²) in [6, 6.07) is 1.88. The average molecular weight is 430 g/mol. The van der Waals surface area contributed by atoms with Gasteiger partial charge in [0, 0.05) is 43.6 Å². The highest BCUT2D eigenvalue weighted by atomic mass is 35.5. The Kier molecular flexibility index (Phi) is 5.57. The van der Waals surface area contributed by atoms with E-state index in [1.54, 1.807) is 6.20 Å². The summed E-state index contributed by atoms with van der Waals surface area (Å²) in [5.74, 6) is 1.28. The normalized spacial score (nSPS) is 22.4. The van der Waals surface area contributed by atoms with E-state index in [1.165, 1.54) is 6.92 Å². The Morgan fingerprint density at radius 2 is 2.03 bits per heavy atom. The first kappa shape index (κ1) is 20.8. The second-order valence-electron chi connectivity index (χ2n) is 9.29. The molecule has 3 heterocycles. The number of nitrogens with zero attached hydrogens (tertiary/aromatic N) is 3. The Morgan fingerprint density at radius 1 is 1.23 bits per heavy atom. The summed E-state index contributed by atoms with van der Waals surface area (Å²) in [5.41, 5.74) is 1.93. The highest BCUT2D eigenvalue weighted by Crippen LogP contribution is 2.37. The summed E-state index contributed by atoms with van der Waals surface area (Å²) in [6.07, 6.45) is 7.64. The summed E-state index contributed by atoms with van der Waals surface area (Å²) in [5, 5.41) is 6.41. The molecule has 2 amide bonds. The van der Waals surface area contributed by atoms with Gasteiger partial charge in [0.1, 0.15) is 11.6 Å². The fraction of sp³-hybridized carbons (Fsp3) is 0.545. The van der Waals surface area contributed by atoms with Crippen molar-refractivity contribution in [3.05, 3.63) is 29.3 Å². The van der Waals surface area contributed by atoms with Gasteiger partial charge in [-0.25, -0.2) is 9.97 Å². The number of hydrogen-bond donors (Lipinski definition) is 2. The summed E-state index contributed by atoms with van der Waals surface area (Å²) in [4.78, 5) is 33.1. The van der Waals surface area contributed by atoms with Crippen LogP contribution in [0.5, 0.6) is 0 Å². The Morgan fingerprint density at radius 3 is 2.80 bits per heavy atom. The van der Waals surface area contributed by atoms with Gasteiger partial charge in [-0.3, -0.25) is 9.59 Å². The van der Waals surface area contributed by atoms with Crippen molar-refractivity contribution in [2.24, 2.45) is 11.3 Å². The third-order valence-corrected chi connectivity index (χ3v) is 6.30. The van der Waals surface area contributed by atoms with Gasteiger partial charge in [0.05, 0.1) is 16.9 Å². The number of imidazole rings is 1. The molecule has 4 rings (SSSR count). The lowest BCUT2D eigenvalue weighted by molar-refractivity contribution is -0.123. The highest BCUT2D eigenvalue weighted by Gasteiger charge is 2.32. The maximum atomic E-state index is 12.8. The number of fused-ring (bicyclic) bond motifs is 1. The van der Waals surface area contributed by atoms with E-state index in [-0.39, 0.29) is 29.2 Å². The van der Waals surface area contributed by atoms with Crippen LogP contribution in [-0.2, 0) is 22.6 Å². The van der Waals surface area contributed by atoms with Gasteiger partial charge in [0.15, 0.2) is 0 Å². The number of anilines is 1. The molecule has 1 unspecified atom stereocenters. The maximum absolute atomic E-state index is 12.8. The molecule has 2 atom stereocenters. The molecule has 7 nitrogen and oxygen atoms in total. The molecule has 2 N–H and O–H groups in total. The third-order valence-electron chi connectivity index (χ3n) is 6.00. The van der Waals surface area contributed by atoms with Crippen molar-refractivity contribution in [1.29, 1.82) is 0 Å². The predicted octanol–water partition coefficient (Wildman–Crippen LogP) is 3.81. The number of halogens is 1. The molecule has 0 saturated heterocycles. The molecule has 160 valence electrons. The Bertz CT molecular complexity index is 984. The van der Waals surface area contributed by atoms with Crippen LogP contribution in [0.1, 0.15) is 52.3 Å². The summed E-state index contributed by atoms with van der Waals surface area (Å²) in [6.45, 7) is 6.84. The minimum atomic E-state index is -0.142. The maximum Gasteiger partial charge on any atom is 0.228 e. The van der Waals surface area contributed by atoms with E-state index in [2.05, 4.69) is 39.0 Å². The van der Waals surface area contributed by atoms with E-state index in [9.17, 15) is 9.59 Å². The van der Waals surface area contributed by atoms with Crippen LogP contribution in [0.4, 0.5) is 5.82 Å². The van der Waals surface area contributed by atoms with Crippen LogP contribution in [0.3, 0.4) is 0 Å². The zero-order chi connectivity index (χ0) is 21.5. The van der Waals surface area contributed by atoms with Crippen molar-refractivity contribution < 1.29 is 9.59 Å². The minimum absolute atomic E-state index is 0.0541. The number of pyridine rings is 1. The van der Waals surface area contributed by atoms with E-state index in [0.29, 0.717) is 17.3 Å².